The van der Waals surface area contributed by atoms with E-state index in [1.165, 1.54) is 6.92 Å². The van der Waals surface area contributed by atoms with Gasteiger partial charge < -0.3 is 9.72 Å². The number of carbonyl (C=O) groups excluding carboxylic acids is 1. The van der Waals surface area contributed by atoms with Gasteiger partial charge in [0.25, 0.3) is 0 Å². The van der Waals surface area contributed by atoms with Crippen LogP contribution >= 0.6 is 0 Å². The fraction of sp³-hybridized carbons (Fsp3) is 0.250. The summed E-state index contributed by atoms with van der Waals surface area (Å²) in [4.78, 5) is 13.9. The predicted molar refractivity (Wildman–Crippen MR) is 58.5 cm³/mol. The zero-order valence-electron chi connectivity index (χ0n) is 8.78. The smallest absolute Gasteiger partial charge is 0.303 e. The van der Waals surface area contributed by atoms with Gasteiger partial charge in [0.2, 0.25) is 0 Å². The van der Waals surface area contributed by atoms with Crippen LogP contribution in [0.3, 0.4) is 0 Å². The van der Waals surface area contributed by atoms with Gasteiger partial charge >= 0.3 is 5.97 Å². The molecule has 0 saturated heterocycles. The van der Waals surface area contributed by atoms with Crippen LogP contribution in [-0.2, 0) is 9.53 Å². The van der Waals surface area contributed by atoms with Gasteiger partial charge in [-0.3, -0.25) is 4.79 Å². The zero-order chi connectivity index (χ0) is 10.8. The van der Waals surface area contributed by atoms with Gasteiger partial charge in [-0.05, 0) is 30.0 Å². The summed E-state index contributed by atoms with van der Waals surface area (Å²) in [5.74, 6) is -0.255. The minimum atomic E-state index is -0.255. The molecule has 78 valence electrons. The molecule has 0 aliphatic rings. The van der Waals surface area contributed by atoms with Crippen LogP contribution in [0.5, 0.6) is 0 Å². The number of hydrogen-bond donors (Lipinski definition) is 1. The first kappa shape index (κ1) is 9.77. The number of ether oxygens (including phenoxy) is 1. The van der Waals surface area contributed by atoms with E-state index < -0.39 is 0 Å². The second-order valence-electron chi connectivity index (χ2n) is 3.58. The molecule has 3 heteroatoms. The highest BCUT2D eigenvalue weighted by Gasteiger charge is 2.08. The number of carbonyl (C=O) groups is 1. The average molecular weight is 203 g/mol. The number of rotatable bonds is 2. The van der Waals surface area contributed by atoms with Gasteiger partial charge in [-0.15, -0.1) is 0 Å². The topological polar surface area (TPSA) is 42.1 Å². The van der Waals surface area contributed by atoms with Crippen molar-refractivity contribution in [2.45, 2.75) is 20.0 Å². The van der Waals surface area contributed by atoms with Crippen LogP contribution in [0, 0.1) is 0 Å². The Kier molecular flexibility index (Phi) is 2.46. The zero-order valence-corrected chi connectivity index (χ0v) is 8.78. The van der Waals surface area contributed by atoms with E-state index in [0.717, 1.165) is 16.5 Å². The molecular formula is C12H13NO2. The first-order valence-corrected chi connectivity index (χ1v) is 4.91. The van der Waals surface area contributed by atoms with Crippen molar-refractivity contribution >= 4 is 16.9 Å². The first-order valence-electron chi connectivity index (χ1n) is 4.91. The van der Waals surface area contributed by atoms with Crippen molar-refractivity contribution in [2.24, 2.45) is 0 Å². The molecule has 0 radical (unpaired) electrons. The van der Waals surface area contributed by atoms with E-state index in [0.29, 0.717) is 0 Å². The maximum absolute atomic E-state index is 10.8. The standard InChI is InChI=1S/C12H13NO2/c1-8(15-9(2)14)11-4-3-10-5-6-13-12(10)7-11/h3-8,13H,1-2H3. The molecule has 0 aliphatic carbocycles. The van der Waals surface area contributed by atoms with Gasteiger partial charge in [-0.2, -0.15) is 0 Å². The molecule has 15 heavy (non-hydrogen) atoms. The summed E-state index contributed by atoms with van der Waals surface area (Å²) in [5.41, 5.74) is 2.06. The van der Waals surface area contributed by atoms with Gasteiger partial charge in [0.05, 0.1) is 0 Å². The molecule has 1 unspecified atom stereocenters. The number of benzene rings is 1. The lowest BCUT2D eigenvalue weighted by atomic mass is 10.1. The third kappa shape index (κ3) is 2.01. The van der Waals surface area contributed by atoms with Gasteiger partial charge in [0.15, 0.2) is 0 Å². The van der Waals surface area contributed by atoms with Crippen LogP contribution < -0.4 is 0 Å². The molecular weight excluding hydrogens is 190 g/mol. The Morgan fingerprint density at radius 1 is 1.40 bits per heavy atom. The van der Waals surface area contributed by atoms with Crippen LogP contribution in [0.2, 0.25) is 0 Å². The summed E-state index contributed by atoms with van der Waals surface area (Å²) in [6.45, 7) is 3.29. The molecule has 2 aromatic rings. The van der Waals surface area contributed by atoms with Crippen molar-refractivity contribution in [1.29, 1.82) is 0 Å². The van der Waals surface area contributed by atoms with Crippen LogP contribution in [-0.4, -0.2) is 11.0 Å². The lowest BCUT2D eigenvalue weighted by molar-refractivity contribution is -0.145. The van der Waals surface area contributed by atoms with E-state index in [-0.39, 0.29) is 12.1 Å². The predicted octanol–water partition coefficient (Wildman–Crippen LogP) is 2.79. The highest BCUT2D eigenvalue weighted by molar-refractivity contribution is 5.80. The number of nitrogens with one attached hydrogen (secondary N) is 1. The van der Waals surface area contributed by atoms with Crippen molar-refractivity contribution in [3.8, 4) is 0 Å². The molecule has 1 aromatic heterocycles. The minimum absolute atomic E-state index is 0.199. The van der Waals surface area contributed by atoms with E-state index in [1.807, 2.05) is 37.4 Å². The molecule has 0 fully saturated rings. The van der Waals surface area contributed by atoms with Gasteiger partial charge in [-0.1, -0.05) is 12.1 Å². The molecule has 0 saturated carbocycles. The molecule has 1 N–H and O–H groups in total. The maximum Gasteiger partial charge on any atom is 0.303 e. The largest absolute Gasteiger partial charge is 0.458 e. The fourth-order valence-electron chi connectivity index (χ4n) is 1.64. The van der Waals surface area contributed by atoms with Crippen LogP contribution in [0.1, 0.15) is 25.5 Å². The highest BCUT2D eigenvalue weighted by atomic mass is 16.5. The van der Waals surface area contributed by atoms with Crippen molar-refractivity contribution in [2.75, 3.05) is 0 Å². The molecule has 0 aliphatic heterocycles. The quantitative estimate of drug-likeness (QED) is 0.762. The molecule has 3 nitrogen and oxygen atoms in total. The molecule has 0 spiro atoms. The summed E-state index contributed by atoms with van der Waals surface area (Å²) in [6.07, 6.45) is 1.69. The summed E-state index contributed by atoms with van der Waals surface area (Å²) >= 11 is 0. The number of aromatic nitrogens is 1. The van der Waals surface area contributed by atoms with Crippen molar-refractivity contribution in [3.63, 3.8) is 0 Å². The van der Waals surface area contributed by atoms with Crippen LogP contribution in [0.4, 0.5) is 0 Å². The Morgan fingerprint density at radius 3 is 2.93 bits per heavy atom. The highest BCUT2D eigenvalue weighted by Crippen LogP contribution is 2.21. The number of hydrogen-bond acceptors (Lipinski definition) is 2. The molecule has 1 heterocycles. The van der Waals surface area contributed by atoms with E-state index in [9.17, 15) is 4.79 Å². The Balaban J connectivity index is 2.30. The Labute approximate surface area is 88.1 Å². The first-order chi connectivity index (χ1) is 7.16. The maximum atomic E-state index is 10.8. The van der Waals surface area contributed by atoms with E-state index in [1.54, 1.807) is 0 Å². The number of esters is 1. The Hall–Kier alpha value is -1.77. The monoisotopic (exact) mass is 203 g/mol. The van der Waals surface area contributed by atoms with Gasteiger partial charge in [0, 0.05) is 18.6 Å². The number of H-pyrrole nitrogens is 1. The molecule has 0 bridgehead atoms. The second-order valence-corrected chi connectivity index (χ2v) is 3.58. The van der Waals surface area contributed by atoms with E-state index >= 15 is 0 Å². The second kappa shape index (κ2) is 3.77. The summed E-state index contributed by atoms with van der Waals surface area (Å²) in [7, 11) is 0. The Bertz CT molecular complexity index is 487. The van der Waals surface area contributed by atoms with E-state index in [2.05, 4.69) is 4.98 Å². The average Bonchev–Trinajstić information content (AvgIpc) is 2.62. The van der Waals surface area contributed by atoms with Crippen molar-refractivity contribution < 1.29 is 9.53 Å². The molecule has 1 aromatic carbocycles. The van der Waals surface area contributed by atoms with Gasteiger partial charge in [0.1, 0.15) is 6.10 Å². The molecule has 0 amide bonds. The lowest BCUT2D eigenvalue weighted by Crippen LogP contribution is -2.04. The minimum Gasteiger partial charge on any atom is -0.458 e. The van der Waals surface area contributed by atoms with E-state index in [4.69, 9.17) is 4.74 Å². The molecule has 2 rings (SSSR count). The third-order valence-electron chi connectivity index (χ3n) is 2.39. The molecule has 1 atom stereocenters. The van der Waals surface area contributed by atoms with Gasteiger partial charge in [-0.25, -0.2) is 0 Å². The van der Waals surface area contributed by atoms with Crippen LogP contribution in [0.15, 0.2) is 30.5 Å². The summed E-state index contributed by atoms with van der Waals surface area (Å²) < 4.78 is 5.11. The van der Waals surface area contributed by atoms with Crippen molar-refractivity contribution in [1.82, 2.24) is 4.98 Å². The summed E-state index contributed by atoms with van der Waals surface area (Å²) in [6, 6.07) is 8.00. The number of aromatic amines is 1. The lowest BCUT2D eigenvalue weighted by Gasteiger charge is -2.11. The number of fused-ring (bicyclic) bond motifs is 1. The third-order valence-corrected chi connectivity index (χ3v) is 2.39. The van der Waals surface area contributed by atoms with Crippen molar-refractivity contribution in [3.05, 3.63) is 36.0 Å². The normalized spacial score (nSPS) is 12.7. The SMILES string of the molecule is CC(=O)OC(C)c1ccc2cc[nH]c2c1. The Morgan fingerprint density at radius 2 is 2.20 bits per heavy atom. The summed E-state index contributed by atoms with van der Waals surface area (Å²) in [5, 5.41) is 1.16. The van der Waals surface area contributed by atoms with Crippen LogP contribution in [0.25, 0.3) is 10.9 Å². The fourth-order valence-corrected chi connectivity index (χ4v) is 1.64.